The number of hydrogen-bond acceptors (Lipinski definition) is 3. The van der Waals surface area contributed by atoms with E-state index in [1.54, 1.807) is 0 Å². The van der Waals surface area contributed by atoms with Gasteiger partial charge >= 0.3 is 0 Å². The molecule has 182 valence electrons. The Balaban J connectivity index is 1.31. The first-order valence-electron chi connectivity index (χ1n) is 13.1. The molecule has 0 unspecified atom stereocenters. The molecule has 2 aromatic heterocycles. The van der Waals surface area contributed by atoms with Crippen LogP contribution in [0.1, 0.15) is 0 Å². The van der Waals surface area contributed by atoms with E-state index in [1.807, 2.05) is 24.3 Å². The summed E-state index contributed by atoms with van der Waals surface area (Å²) in [6.07, 6.45) is 0. The summed E-state index contributed by atoms with van der Waals surface area (Å²) in [7, 11) is 0. The quantitative estimate of drug-likeness (QED) is 0.228. The van der Waals surface area contributed by atoms with Gasteiger partial charge in [-0.15, -0.1) is 0 Å². The van der Waals surface area contributed by atoms with Crippen LogP contribution in [0.15, 0.2) is 138 Å². The highest BCUT2D eigenvalue weighted by atomic mass is 16.3. The first kappa shape index (κ1) is 21.8. The number of rotatable bonds is 3. The van der Waals surface area contributed by atoms with Crippen molar-refractivity contribution in [1.29, 1.82) is 0 Å². The van der Waals surface area contributed by atoms with E-state index in [9.17, 15) is 0 Å². The van der Waals surface area contributed by atoms with E-state index < -0.39 is 0 Å². The molecule has 0 saturated carbocycles. The molecule has 0 aliphatic heterocycles. The van der Waals surface area contributed by atoms with Crippen LogP contribution in [-0.2, 0) is 0 Å². The van der Waals surface area contributed by atoms with Gasteiger partial charge in [0, 0.05) is 32.7 Å². The molecule has 0 fully saturated rings. The van der Waals surface area contributed by atoms with Crippen molar-refractivity contribution in [2.24, 2.45) is 0 Å². The molecule has 2 heterocycles. The van der Waals surface area contributed by atoms with E-state index in [2.05, 4.69) is 109 Å². The largest absolute Gasteiger partial charge is 0.456 e. The third-order valence-corrected chi connectivity index (χ3v) is 7.49. The first-order valence-corrected chi connectivity index (χ1v) is 13.1. The van der Waals surface area contributed by atoms with Gasteiger partial charge in [0.15, 0.2) is 5.82 Å². The van der Waals surface area contributed by atoms with Gasteiger partial charge in [-0.2, -0.15) is 0 Å². The van der Waals surface area contributed by atoms with Crippen LogP contribution in [0, 0.1) is 0 Å². The van der Waals surface area contributed by atoms with Gasteiger partial charge in [-0.1, -0.05) is 115 Å². The van der Waals surface area contributed by atoms with Crippen molar-refractivity contribution in [3.63, 3.8) is 0 Å². The van der Waals surface area contributed by atoms with Gasteiger partial charge in [-0.05, 0) is 34.7 Å². The zero-order valence-corrected chi connectivity index (χ0v) is 21.0. The van der Waals surface area contributed by atoms with Crippen LogP contribution >= 0.6 is 0 Å². The van der Waals surface area contributed by atoms with E-state index >= 15 is 0 Å². The van der Waals surface area contributed by atoms with Crippen LogP contribution in [0.25, 0.3) is 77.4 Å². The summed E-state index contributed by atoms with van der Waals surface area (Å²) in [5, 5.41) is 5.62. The van der Waals surface area contributed by atoms with E-state index in [0.717, 1.165) is 72.0 Å². The predicted molar refractivity (Wildman–Crippen MR) is 161 cm³/mol. The van der Waals surface area contributed by atoms with E-state index in [0.29, 0.717) is 0 Å². The second kappa shape index (κ2) is 8.64. The van der Waals surface area contributed by atoms with Gasteiger partial charge in [0.1, 0.15) is 11.2 Å². The van der Waals surface area contributed by atoms with Crippen LogP contribution in [0.4, 0.5) is 0 Å². The SMILES string of the molecule is c1ccc(-c2nc(-c3ccc(-c4cccc5oc6ccccc6c45)cc3)nc3c2ccc2ccccc23)cc1. The fraction of sp³-hybridized carbons (Fsp3) is 0. The Morgan fingerprint density at radius 1 is 0.436 bits per heavy atom. The monoisotopic (exact) mass is 498 g/mol. The second-order valence-corrected chi connectivity index (χ2v) is 9.80. The molecule has 0 amide bonds. The molecule has 8 rings (SSSR count). The fourth-order valence-electron chi connectivity index (χ4n) is 5.62. The second-order valence-electron chi connectivity index (χ2n) is 9.80. The molecule has 0 saturated heterocycles. The summed E-state index contributed by atoms with van der Waals surface area (Å²) < 4.78 is 6.12. The van der Waals surface area contributed by atoms with Crippen molar-refractivity contribution >= 4 is 43.6 Å². The van der Waals surface area contributed by atoms with Crippen molar-refractivity contribution in [2.45, 2.75) is 0 Å². The Bertz CT molecular complexity index is 2160. The Hall–Kier alpha value is -5.28. The lowest BCUT2D eigenvalue weighted by Crippen LogP contribution is -1.96. The Labute approximate surface area is 225 Å². The maximum atomic E-state index is 6.12. The molecule has 0 aliphatic rings. The van der Waals surface area contributed by atoms with Crippen LogP contribution in [-0.4, -0.2) is 9.97 Å². The standard InChI is InChI=1S/C36H22N2O/c1-2-10-25(11-3-1)34-30-22-21-23-9-4-5-12-28(23)35(30)38-36(37-34)26-19-17-24(18-20-26)27-14-8-16-32-33(27)29-13-6-7-15-31(29)39-32/h1-22H. The smallest absolute Gasteiger partial charge is 0.160 e. The lowest BCUT2D eigenvalue weighted by Gasteiger charge is -2.12. The summed E-state index contributed by atoms with van der Waals surface area (Å²) in [5.74, 6) is 0.719. The minimum Gasteiger partial charge on any atom is -0.456 e. The van der Waals surface area contributed by atoms with Gasteiger partial charge in [0.2, 0.25) is 0 Å². The van der Waals surface area contributed by atoms with Gasteiger partial charge < -0.3 is 4.42 Å². The van der Waals surface area contributed by atoms with E-state index in [-0.39, 0.29) is 0 Å². The molecule has 39 heavy (non-hydrogen) atoms. The van der Waals surface area contributed by atoms with Gasteiger partial charge in [-0.3, -0.25) is 0 Å². The maximum absolute atomic E-state index is 6.12. The predicted octanol–water partition coefficient (Wildman–Crippen LogP) is 9.68. The topological polar surface area (TPSA) is 38.9 Å². The molecule has 3 nitrogen and oxygen atoms in total. The summed E-state index contributed by atoms with van der Waals surface area (Å²) in [4.78, 5) is 10.2. The highest BCUT2D eigenvalue weighted by Gasteiger charge is 2.15. The zero-order valence-electron chi connectivity index (χ0n) is 21.0. The average Bonchev–Trinajstić information content (AvgIpc) is 3.40. The normalized spacial score (nSPS) is 11.6. The molecular formula is C36H22N2O. The van der Waals surface area contributed by atoms with Crippen molar-refractivity contribution in [1.82, 2.24) is 9.97 Å². The van der Waals surface area contributed by atoms with Crippen LogP contribution in [0.3, 0.4) is 0 Å². The van der Waals surface area contributed by atoms with Crippen LogP contribution < -0.4 is 0 Å². The summed E-state index contributed by atoms with van der Waals surface area (Å²) in [5.41, 5.74) is 8.06. The first-order chi connectivity index (χ1) is 19.3. The minimum absolute atomic E-state index is 0.719. The number of furan rings is 1. The van der Waals surface area contributed by atoms with E-state index in [4.69, 9.17) is 14.4 Å². The summed E-state index contributed by atoms with van der Waals surface area (Å²) in [6, 6.07) is 46.1. The van der Waals surface area contributed by atoms with Crippen LogP contribution in [0.5, 0.6) is 0 Å². The average molecular weight is 499 g/mol. The zero-order chi connectivity index (χ0) is 25.8. The van der Waals surface area contributed by atoms with Gasteiger partial charge in [0.25, 0.3) is 0 Å². The number of nitrogens with zero attached hydrogens (tertiary/aromatic N) is 2. The van der Waals surface area contributed by atoms with E-state index in [1.165, 1.54) is 5.39 Å². The number of benzene rings is 6. The van der Waals surface area contributed by atoms with Crippen molar-refractivity contribution in [2.75, 3.05) is 0 Å². The number of aromatic nitrogens is 2. The minimum atomic E-state index is 0.719. The molecule has 6 aromatic carbocycles. The maximum Gasteiger partial charge on any atom is 0.160 e. The molecule has 8 aromatic rings. The Morgan fingerprint density at radius 2 is 1.15 bits per heavy atom. The highest BCUT2D eigenvalue weighted by molar-refractivity contribution is 6.12. The van der Waals surface area contributed by atoms with Crippen molar-refractivity contribution < 1.29 is 4.42 Å². The molecule has 0 spiro atoms. The molecule has 3 heteroatoms. The molecule has 0 N–H and O–H groups in total. The van der Waals surface area contributed by atoms with Crippen molar-refractivity contribution in [3.8, 4) is 33.8 Å². The molecular weight excluding hydrogens is 476 g/mol. The number of hydrogen-bond donors (Lipinski definition) is 0. The summed E-state index contributed by atoms with van der Waals surface area (Å²) >= 11 is 0. The third-order valence-electron chi connectivity index (χ3n) is 7.49. The van der Waals surface area contributed by atoms with Gasteiger partial charge in [-0.25, -0.2) is 9.97 Å². The molecule has 0 bridgehead atoms. The van der Waals surface area contributed by atoms with Gasteiger partial charge in [0.05, 0.1) is 11.2 Å². The number of para-hydroxylation sites is 1. The third kappa shape index (κ3) is 3.52. The van der Waals surface area contributed by atoms with Crippen LogP contribution in [0.2, 0.25) is 0 Å². The molecule has 0 aliphatic carbocycles. The lowest BCUT2D eigenvalue weighted by molar-refractivity contribution is 0.669. The summed E-state index contributed by atoms with van der Waals surface area (Å²) in [6.45, 7) is 0. The van der Waals surface area contributed by atoms with Crippen molar-refractivity contribution in [3.05, 3.63) is 133 Å². The number of fused-ring (bicyclic) bond motifs is 6. The highest BCUT2D eigenvalue weighted by Crippen LogP contribution is 2.38. The lowest BCUT2D eigenvalue weighted by atomic mass is 9.98. The fourth-order valence-corrected chi connectivity index (χ4v) is 5.62. The Morgan fingerprint density at radius 3 is 2.03 bits per heavy atom. The Kier molecular flexibility index (Phi) is 4.82. The molecule has 0 atom stereocenters. The molecule has 0 radical (unpaired) electrons.